The molecule has 0 radical (unpaired) electrons. The Morgan fingerprint density at radius 2 is 1.81 bits per heavy atom. The van der Waals surface area contributed by atoms with Gasteiger partial charge in [0, 0.05) is 31.3 Å². The number of carbonyl (C=O) groups excluding carboxylic acids is 1. The summed E-state index contributed by atoms with van der Waals surface area (Å²) >= 11 is 0. The van der Waals surface area contributed by atoms with Gasteiger partial charge in [-0.1, -0.05) is 6.08 Å². The van der Waals surface area contributed by atoms with Gasteiger partial charge in [-0.15, -0.1) is 0 Å². The summed E-state index contributed by atoms with van der Waals surface area (Å²) in [6, 6.07) is 0. The predicted molar refractivity (Wildman–Crippen MR) is 60.7 cm³/mol. The molecule has 0 aliphatic rings. The van der Waals surface area contributed by atoms with Crippen LogP contribution in [0.25, 0.3) is 0 Å². The Morgan fingerprint density at radius 3 is 2.19 bits per heavy atom. The van der Waals surface area contributed by atoms with E-state index < -0.39 is 17.1 Å². The van der Waals surface area contributed by atoms with E-state index in [1.54, 1.807) is 20.8 Å². The van der Waals surface area contributed by atoms with Gasteiger partial charge in [-0.3, -0.25) is 10.1 Å². The first kappa shape index (κ1) is 14.6. The average Bonchev–Trinajstić information content (AvgIpc) is 1.99. The molecule has 0 aromatic rings. The lowest BCUT2D eigenvalue weighted by Crippen LogP contribution is -2.30. The van der Waals surface area contributed by atoms with Crippen LogP contribution in [-0.2, 0) is 9.53 Å². The van der Waals surface area contributed by atoms with Gasteiger partial charge >= 0.3 is 5.97 Å². The highest BCUT2D eigenvalue weighted by Gasteiger charge is 2.28. The lowest BCUT2D eigenvalue weighted by Gasteiger charge is -2.18. The molecule has 0 N–H and O–H groups in total. The molecule has 0 aliphatic heterocycles. The lowest BCUT2D eigenvalue weighted by molar-refractivity contribution is -0.559. The Kier molecular flexibility index (Phi) is 4.65. The van der Waals surface area contributed by atoms with Crippen molar-refractivity contribution in [1.82, 2.24) is 0 Å². The molecule has 0 spiro atoms. The molecular weight excluding hydrogens is 210 g/mol. The first-order valence-electron chi connectivity index (χ1n) is 5.08. The van der Waals surface area contributed by atoms with E-state index in [1.807, 2.05) is 0 Å². The molecule has 5 heteroatoms. The minimum atomic E-state index is -1.06. The molecule has 0 unspecified atom stereocenters. The Hall–Kier alpha value is -1.39. The second-order valence-corrected chi connectivity index (χ2v) is 5.21. The van der Waals surface area contributed by atoms with Crippen molar-refractivity contribution < 1.29 is 14.5 Å². The summed E-state index contributed by atoms with van der Waals surface area (Å²) in [5, 5.41) is 10.6. The number of carbonyl (C=O) groups is 1. The minimum Gasteiger partial charge on any atom is -0.457 e. The van der Waals surface area contributed by atoms with Gasteiger partial charge in [-0.05, 0) is 20.8 Å². The van der Waals surface area contributed by atoms with Gasteiger partial charge in [-0.25, -0.2) is 4.79 Å². The highest BCUT2D eigenvalue weighted by Crippen LogP contribution is 2.14. The smallest absolute Gasteiger partial charge is 0.330 e. The average molecular weight is 229 g/mol. The Labute approximate surface area is 95.6 Å². The topological polar surface area (TPSA) is 69.4 Å². The van der Waals surface area contributed by atoms with Gasteiger partial charge in [0.25, 0.3) is 0 Å². The van der Waals surface area contributed by atoms with Crippen molar-refractivity contribution in [2.75, 3.05) is 0 Å². The summed E-state index contributed by atoms with van der Waals surface area (Å²) in [4.78, 5) is 21.4. The van der Waals surface area contributed by atoms with Crippen LogP contribution in [0.5, 0.6) is 0 Å². The minimum absolute atomic E-state index is 0.194. The summed E-state index contributed by atoms with van der Waals surface area (Å²) < 4.78 is 5.02. The van der Waals surface area contributed by atoms with Crippen molar-refractivity contribution in [2.24, 2.45) is 0 Å². The van der Waals surface area contributed by atoms with E-state index in [0.29, 0.717) is 0 Å². The number of nitrogens with zero attached hydrogens (tertiary/aromatic N) is 1. The van der Waals surface area contributed by atoms with Crippen LogP contribution in [0.1, 0.15) is 41.0 Å². The fourth-order valence-corrected chi connectivity index (χ4v) is 0.854. The van der Waals surface area contributed by atoms with E-state index in [1.165, 1.54) is 26.0 Å². The van der Waals surface area contributed by atoms with Crippen LogP contribution in [-0.4, -0.2) is 22.0 Å². The van der Waals surface area contributed by atoms with Crippen molar-refractivity contribution in [2.45, 2.75) is 52.2 Å². The van der Waals surface area contributed by atoms with Gasteiger partial charge in [0.15, 0.2) is 0 Å². The molecule has 0 aliphatic carbocycles. The number of esters is 1. The second kappa shape index (κ2) is 5.09. The SMILES string of the molecule is CC(C)(C)OC(=O)/C=C/CC(C)(C)[N+](=O)[O-]. The molecule has 0 atom stereocenters. The first-order valence-corrected chi connectivity index (χ1v) is 5.08. The zero-order chi connectivity index (χ0) is 13.0. The fraction of sp³-hybridized carbons (Fsp3) is 0.727. The molecule has 0 aromatic carbocycles. The van der Waals surface area contributed by atoms with Crippen LogP contribution >= 0.6 is 0 Å². The Morgan fingerprint density at radius 1 is 1.31 bits per heavy atom. The molecule has 0 heterocycles. The molecular formula is C11H19NO4. The monoisotopic (exact) mass is 229 g/mol. The third kappa shape index (κ3) is 6.16. The Bertz CT molecular complexity index is 300. The standard InChI is InChI=1S/C11H19NO4/c1-10(2,3)16-9(13)7-6-8-11(4,5)12(14)15/h6-7H,8H2,1-5H3/b7-6+. The van der Waals surface area contributed by atoms with Crippen LogP contribution in [0.4, 0.5) is 0 Å². The van der Waals surface area contributed by atoms with Gasteiger partial charge in [-0.2, -0.15) is 0 Å². The zero-order valence-electron chi connectivity index (χ0n) is 10.4. The van der Waals surface area contributed by atoms with E-state index in [4.69, 9.17) is 4.74 Å². The number of hydrogen-bond donors (Lipinski definition) is 0. The third-order valence-corrected chi connectivity index (χ3v) is 1.77. The maximum absolute atomic E-state index is 11.2. The molecule has 0 aromatic heterocycles. The molecule has 92 valence electrons. The van der Waals surface area contributed by atoms with Crippen LogP contribution in [0.2, 0.25) is 0 Å². The van der Waals surface area contributed by atoms with Crippen molar-refractivity contribution >= 4 is 5.97 Å². The van der Waals surface area contributed by atoms with Gasteiger partial charge in [0.2, 0.25) is 5.54 Å². The lowest BCUT2D eigenvalue weighted by atomic mass is 10.0. The predicted octanol–water partition coefficient (Wildman–Crippen LogP) is 2.33. The molecule has 16 heavy (non-hydrogen) atoms. The van der Waals surface area contributed by atoms with E-state index >= 15 is 0 Å². The molecule has 0 saturated heterocycles. The molecule has 0 amide bonds. The largest absolute Gasteiger partial charge is 0.457 e. The summed E-state index contributed by atoms with van der Waals surface area (Å²) in [6.07, 6.45) is 2.90. The highest BCUT2D eigenvalue weighted by atomic mass is 16.6. The third-order valence-electron chi connectivity index (χ3n) is 1.77. The van der Waals surface area contributed by atoms with Crippen LogP contribution in [0, 0.1) is 10.1 Å². The number of nitro groups is 1. The maximum Gasteiger partial charge on any atom is 0.330 e. The van der Waals surface area contributed by atoms with Crippen molar-refractivity contribution in [1.29, 1.82) is 0 Å². The summed E-state index contributed by atoms with van der Waals surface area (Å²) in [7, 11) is 0. The number of rotatable bonds is 4. The quantitative estimate of drug-likeness (QED) is 0.321. The van der Waals surface area contributed by atoms with E-state index in [0.717, 1.165) is 0 Å². The summed E-state index contributed by atoms with van der Waals surface area (Å²) in [5.41, 5.74) is -1.60. The van der Waals surface area contributed by atoms with Crippen LogP contribution < -0.4 is 0 Å². The van der Waals surface area contributed by atoms with E-state index in [2.05, 4.69) is 0 Å². The molecule has 0 fully saturated rings. The Balaban J connectivity index is 4.22. The van der Waals surface area contributed by atoms with E-state index in [-0.39, 0.29) is 11.3 Å². The normalized spacial score (nSPS) is 12.8. The van der Waals surface area contributed by atoms with Crippen molar-refractivity contribution in [3.05, 3.63) is 22.3 Å². The van der Waals surface area contributed by atoms with Crippen molar-refractivity contribution in [3.8, 4) is 0 Å². The van der Waals surface area contributed by atoms with Gasteiger partial charge in [0.05, 0.1) is 0 Å². The maximum atomic E-state index is 11.2. The zero-order valence-corrected chi connectivity index (χ0v) is 10.4. The van der Waals surface area contributed by atoms with Crippen LogP contribution in [0.15, 0.2) is 12.2 Å². The fourth-order valence-electron chi connectivity index (χ4n) is 0.854. The molecule has 0 bridgehead atoms. The molecule has 0 rings (SSSR count). The second-order valence-electron chi connectivity index (χ2n) is 5.21. The van der Waals surface area contributed by atoms with Crippen molar-refractivity contribution in [3.63, 3.8) is 0 Å². The van der Waals surface area contributed by atoms with E-state index in [9.17, 15) is 14.9 Å². The van der Waals surface area contributed by atoms with Crippen LogP contribution in [0.3, 0.4) is 0 Å². The molecule has 0 saturated carbocycles. The highest BCUT2D eigenvalue weighted by molar-refractivity contribution is 5.82. The summed E-state index contributed by atoms with van der Waals surface area (Å²) in [5.74, 6) is -0.480. The van der Waals surface area contributed by atoms with Gasteiger partial charge < -0.3 is 4.74 Å². The first-order chi connectivity index (χ1) is 7.04. The summed E-state index contributed by atoms with van der Waals surface area (Å²) in [6.45, 7) is 8.30. The van der Waals surface area contributed by atoms with Gasteiger partial charge in [0.1, 0.15) is 5.60 Å². The number of hydrogen-bond acceptors (Lipinski definition) is 4. The molecule has 5 nitrogen and oxygen atoms in total. The number of ether oxygens (including phenoxy) is 1.